The van der Waals surface area contributed by atoms with Crippen LogP contribution in [-0.2, 0) is 4.74 Å². The Morgan fingerprint density at radius 1 is 1.09 bits per heavy atom. The van der Waals surface area contributed by atoms with Gasteiger partial charge < -0.3 is 19.7 Å². The topological polar surface area (TPSA) is 71.1 Å². The minimum absolute atomic E-state index is 0.0770. The Labute approximate surface area is 190 Å². The quantitative estimate of drug-likeness (QED) is 0.794. The van der Waals surface area contributed by atoms with Crippen LogP contribution < -0.4 is 10.1 Å². The molecular weight excluding hydrogens is 406 g/mol. The van der Waals surface area contributed by atoms with Crippen LogP contribution in [-0.4, -0.2) is 74.7 Å². The van der Waals surface area contributed by atoms with Crippen LogP contribution in [0.1, 0.15) is 34.6 Å². The summed E-state index contributed by atoms with van der Waals surface area (Å²) in [6, 6.07) is 14.3. The number of hydrogen-bond acceptors (Lipinski definition) is 5. The number of amides is 2. The maximum atomic E-state index is 13.2. The van der Waals surface area contributed by atoms with Gasteiger partial charge in [-0.05, 0) is 44.2 Å². The van der Waals surface area contributed by atoms with E-state index in [4.69, 9.17) is 9.47 Å². The molecule has 0 saturated heterocycles. The first-order valence-corrected chi connectivity index (χ1v) is 10.9. The Kier molecular flexibility index (Phi) is 7.88. The standard InChI is InChI=1S/C25H33N3O4/c1-17-14-27(3)18(2)16-32-22-13-20(26-24(29)19-9-7-6-8-10-19)11-12-21(22)25(30)28(4)15-23(17)31-5/h6-13,17-18,23H,14-16H2,1-5H3,(H,26,29)/t17-,18+,23-/m1/s1. The number of carbonyl (C=O) groups excluding carboxylic acids is 2. The summed E-state index contributed by atoms with van der Waals surface area (Å²) in [6.45, 7) is 5.95. The lowest BCUT2D eigenvalue weighted by Crippen LogP contribution is -2.45. The number of nitrogens with zero attached hydrogens (tertiary/aromatic N) is 2. The molecule has 7 heteroatoms. The number of fused-ring (bicyclic) bond motifs is 1. The molecule has 0 spiro atoms. The third-order valence-electron chi connectivity index (χ3n) is 6.05. The Bertz CT molecular complexity index is 934. The normalized spacial score (nSPS) is 22.8. The number of benzene rings is 2. The second-order valence-electron chi connectivity index (χ2n) is 8.57. The maximum Gasteiger partial charge on any atom is 0.257 e. The first-order chi connectivity index (χ1) is 15.3. The van der Waals surface area contributed by atoms with Crippen molar-refractivity contribution < 1.29 is 19.1 Å². The fraction of sp³-hybridized carbons (Fsp3) is 0.440. The highest BCUT2D eigenvalue weighted by atomic mass is 16.5. The number of rotatable bonds is 3. The van der Waals surface area contributed by atoms with E-state index in [1.165, 1.54) is 0 Å². The Hall–Kier alpha value is -2.90. The van der Waals surface area contributed by atoms with Crippen molar-refractivity contribution in [2.24, 2.45) is 5.92 Å². The third-order valence-corrected chi connectivity index (χ3v) is 6.05. The first kappa shape index (κ1) is 23.8. The van der Waals surface area contributed by atoms with Gasteiger partial charge in [-0.25, -0.2) is 0 Å². The highest BCUT2D eigenvalue weighted by Crippen LogP contribution is 2.27. The molecule has 7 nitrogen and oxygen atoms in total. The number of hydrogen-bond donors (Lipinski definition) is 1. The molecule has 0 unspecified atom stereocenters. The molecule has 0 aromatic heterocycles. The molecule has 0 aliphatic carbocycles. The molecule has 32 heavy (non-hydrogen) atoms. The summed E-state index contributed by atoms with van der Waals surface area (Å²) < 4.78 is 11.8. The van der Waals surface area contributed by atoms with Gasteiger partial charge >= 0.3 is 0 Å². The average Bonchev–Trinajstić information content (AvgIpc) is 2.80. The van der Waals surface area contributed by atoms with Crippen LogP contribution in [0, 0.1) is 5.92 Å². The molecule has 3 rings (SSSR count). The van der Waals surface area contributed by atoms with Gasteiger partial charge in [0.25, 0.3) is 11.8 Å². The zero-order valence-corrected chi connectivity index (χ0v) is 19.5. The molecule has 0 saturated carbocycles. The summed E-state index contributed by atoms with van der Waals surface area (Å²) in [5.74, 6) is 0.344. The van der Waals surface area contributed by atoms with Crippen LogP contribution >= 0.6 is 0 Å². The SMILES string of the molecule is CO[C@@H]1CN(C)C(=O)c2ccc(NC(=O)c3ccccc3)cc2OC[C@H](C)N(C)C[C@H]1C. The molecule has 1 heterocycles. The summed E-state index contributed by atoms with van der Waals surface area (Å²) in [5.41, 5.74) is 1.60. The molecule has 1 aliphatic heterocycles. The maximum absolute atomic E-state index is 13.2. The van der Waals surface area contributed by atoms with E-state index in [2.05, 4.69) is 31.1 Å². The predicted octanol–water partition coefficient (Wildman–Crippen LogP) is 3.37. The largest absolute Gasteiger partial charge is 0.491 e. The minimum Gasteiger partial charge on any atom is -0.491 e. The van der Waals surface area contributed by atoms with E-state index < -0.39 is 0 Å². The molecule has 0 fully saturated rings. The van der Waals surface area contributed by atoms with Gasteiger partial charge in [0, 0.05) is 50.6 Å². The van der Waals surface area contributed by atoms with Crippen molar-refractivity contribution in [2.45, 2.75) is 26.0 Å². The van der Waals surface area contributed by atoms with Crippen LogP contribution in [0.5, 0.6) is 5.75 Å². The summed E-state index contributed by atoms with van der Waals surface area (Å²) in [5, 5.41) is 2.89. The van der Waals surface area contributed by atoms with Crippen molar-refractivity contribution in [3.8, 4) is 5.75 Å². The predicted molar refractivity (Wildman–Crippen MR) is 125 cm³/mol. The van der Waals surface area contributed by atoms with Gasteiger partial charge in [0.15, 0.2) is 0 Å². The molecule has 2 amide bonds. The number of nitrogens with one attached hydrogen (secondary N) is 1. The lowest BCUT2D eigenvalue weighted by molar-refractivity contribution is 0.0150. The lowest BCUT2D eigenvalue weighted by atomic mass is 10.0. The fourth-order valence-corrected chi connectivity index (χ4v) is 3.82. The van der Waals surface area contributed by atoms with Crippen LogP contribution in [0.25, 0.3) is 0 Å². The van der Waals surface area contributed by atoms with Gasteiger partial charge in [0.2, 0.25) is 0 Å². The third kappa shape index (κ3) is 5.66. The van der Waals surface area contributed by atoms with E-state index >= 15 is 0 Å². The van der Waals surface area contributed by atoms with Crippen molar-refractivity contribution in [3.63, 3.8) is 0 Å². The van der Waals surface area contributed by atoms with Gasteiger partial charge in [-0.1, -0.05) is 25.1 Å². The van der Waals surface area contributed by atoms with E-state index in [9.17, 15) is 9.59 Å². The Morgan fingerprint density at radius 3 is 2.50 bits per heavy atom. The van der Waals surface area contributed by atoms with Crippen molar-refractivity contribution in [1.82, 2.24) is 9.80 Å². The molecule has 0 bridgehead atoms. The monoisotopic (exact) mass is 439 g/mol. The smallest absolute Gasteiger partial charge is 0.257 e. The van der Waals surface area contributed by atoms with Gasteiger partial charge in [-0.15, -0.1) is 0 Å². The average molecular weight is 440 g/mol. The van der Waals surface area contributed by atoms with E-state index in [0.717, 1.165) is 6.54 Å². The first-order valence-electron chi connectivity index (χ1n) is 10.9. The summed E-state index contributed by atoms with van der Waals surface area (Å²) in [6.07, 6.45) is -0.0770. The van der Waals surface area contributed by atoms with Crippen molar-refractivity contribution in [2.75, 3.05) is 46.2 Å². The molecule has 2 aromatic carbocycles. The van der Waals surface area contributed by atoms with E-state index in [1.54, 1.807) is 49.4 Å². The van der Waals surface area contributed by atoms with Gasteiger partial charge in [-0.3, -0.25) is 14.5 Å². The molecule has 2 aromatic rings. The van der Waals surface area contributed by atoms with E-state index in [-0.39, 0.29) is 29.9 Å². The molecular formula is C25H33N3O4. The summed E-state index contributed by atoms with van der Waals surface area (Å²) in [4.78, 5) is 29.7. The zero-order valence-electron chi connectivity index (χ0n) is 19.5. The number of ether oxygens (including phenoxy) is 2. The second kappa shape index (κ2) is 10.6. The van der Waals surface area contributed by atoms with Crippen LogP contribution in [0.3, 0.4) is 0 Å². The molecule has 1 N–H and O–H groups in total. The van der Waals surface area contributed by atoms with Gasteiger partial charge in [0.05, 0.1) is 11.7 Å². The summed E-state index contributed by atoms with van der Waals surface area (Å²) in [7, 11) is 5.52. The van der Waals surface area contributed by atoms with Crippen LogP contribution in [0.2, 0.25) is 0 Å². The number of carbonyl (C=O) groups is 2. The van der Waals surface area contributed by atoms with E-state index in [1.807, 2.05) is 18.2 Å². The number of anilines is 1. The van der Waals surface area contributed by atoms with Gasteiger partial charge in [-0.2, -0.15) is 0 Å². The van der Waals surface area contributed by atoms with Crippen LogP contribution in [0.15, 0.2) is 48.5 Å². The van der Waals surface area contributed by atoms with E-state index in [0.29, 0.717) is 35.7 Å². The van der Waals surface area contributed by atoms with Crippen molar-refractivity contribution in [3.05, 3.63) is 59.7 Å². The molecule has 1 aliphatic rings. The fourth-order valence-electron chi connectivity index (χ4n) is 3.82. The number of likely N-dealkylation sites (N-methyl/N-ethyl adjacent to an activating group) is 2. The zero-order chi connectivity index (χ0) is 23.3. The highest BCUT2D eigenvalue weighted by Gasteiger charge is 2.27. The van der Waals surface area contributed by atoms with Gasteiger partial charge in [0.1, 0.15) is 12.4 Å². The highest BCUT2D eigenvalue weighted by molar-refractivity contribution is 6.05. The second-order valence-corrected chi connectivity index (χ2v) is 8.57. The molecule has 172 valence electrons. The minimum atomic E-state index is -0.216. The Morgan fingerprint density at radius 2 is 1.81 bits per heavy atom. The molecule has 3 atom stereocenters. The number of methoxy groups -OCH3 is 1. The summed E-state index contributed by atoms with van der Waals surface area (Å²) >= 11 is 0. The van der Waals surface area contributed by atoms with Crippen molar-refractivity contribution in [1.29, 1.82) is 0 Å². The Balaban J connectivity index is 1.89. The van der Waals surface area contributed by atoms with Crippen molar-refractivity contribution >= 4 is 17.5 Å². The molecule has 0 radical (unpaired) electrons. The lowest BCUT2D eigenvalue weighted by Gasteiger charge is -2.34. The van der Waals surface area contributed by atoms with Crippen LogP contribution in [0.4, 0.5) is 5.69 Å².